The van der Waals surface area contributed by atoms with Crippen molar-refractivity contribution in [1.29, 1.82) is 0 Å². The summed E-state index contributed by atoms with van der Waals surface area (Å²) >= 11 is 0. The van der Waals surface area contributed by atoms with E-state index in [1.165, 1.54) is 29.2 Å². The van der Waals surface area contributed by atoms with E-state index in [1.54, 1.807) is 18.2 Å². The van der Waals surface area contributed by atoms with Gasteiger partial charge in [0, 0.05) is 38.0 Å². The molecule has 3 aromatic rings. The molecule has 0 saturated carbocycles. The first-order valence-corrected chi connectivity index (χ1v) is 15.0. The first kappa shape index (κ1) is 30.7. The Hall–Kier alpha value is -3.79. The van der Waals surface area contributed by atoms with E-state index in [0.29, 0.717) is 13.0 Å². The third-order valence-corrected chi connectivity index (χ3v) is 7.57. The monoisotopic (exact) mass is 571 g/mol. The van der Waals surface area contributed by atoms with Crippen LogP contribution in [0.5, 0.6) is 0 Å². The molecule has 7 nitrogen and oxygen atoms in total. The number of rotatable bonds is 14. The third kappa shape index (κ3) is 8.61. The van der Waals surface area contributed by atoms with E-state index < -0.39 is 33.6 Å². The predicted octanol–water partition coefficient (Wildman–Crippen LogP) is 4.68. The standard InChI is InChI=1S/C30H35F2N3O4S/c1-3-19-33-30(37)28(21-23-12-5-4-6-13-23)34(22-24-14-7-8-15-25(24)31)29(36)18-11-20-35(40(2,38)39)27-17-10-9-16-26(27)32/h4-10,12-17,28H,3,11,18-22H2,1-2H3,(H,33,37)/t28-/m0/s1. The van der Waals surface area contributed by atoms with Crippen LogP contribution in [0.4, 0.5) is 14.5 Å². The van der Waals surface area contributed by atoms with Crippen molar-refractivity contribution in [2.24, 2.45) is 0 Å². The fourth-order valence-corrected chi connectivity index (χ4v) is 5.33. The third-order valence-electron chi connectivity index (χ3n) is 6.39. The molecule has 1 N–H and O–H groups in total. The molecular formula is C30H35F2N3O4S. The molecular weight excluding hydrogens is 536 g/mol. The molecule has 2 amide bonds. The van der Waals surface area contributed by atoms with Crippen molar-refractivity contribution in [2.45, 2.75) is 45.2 Å². The fourth-order valence-electron chi connectivity index (χ4n) is 4.37. The summed E-state index contributed by atoms with van der Waals surface area (Å²) in [5, 5.41) is 2.85. The molecule has 0 unspecified atom stereocenters. The number of hydrogen-bond acceptors (Lipinski definition) is 4. The highest BCUT2D eigenvalue weighted by Gasteiger charge is 2.31. The van der Waals surface area contributed by atoms with Crippen LogP contribution in [0.15, 0.2) is 78.9 Å². The normalized spacial score (nSPS) is 12.0. The molecule has 0 spiro atoms. The molecule has 0 bridgehead atoms. The van der Waals surface area contributed by atoms with Crippen LogP contribution in [-0.2, 0) is 32.6 Å². The number of carbonyl (C=O) groups is 2. The maximum atomic E-state index is 14.7. The summed E-state index contributed by atoms with van der Waals surface area (Å²) in [6.45, 7) is 2.03. The summed E-state index contributed by atoms with van der Waals surface area (Å²) in [4.78, 5) is 28.4. The van der Waals surface area contributed by atoms with Gasteiger partial charge in [-0.1, -0.05) is 67.6 Å². The Morgan fingerprint density at radius 3 is 2.15 bits per heavy atom. The summed E-state index contributed by atoms with van der Waals surface area (Å²) in [5.41, 5.74) is 0.969. The second-order valence-electron chi connectivity index (χ2n) is 9.50. The molecule has 0 radical (unpaired) electrons. The zero-order valence-corrected chi connectivity index (χ0v) is 23.5. The molecule has 214 valence electrons. The van der Waals surface area contributed by atoms with Gasteiger partial charge in [0.15, 0.2) is 0 Å². The summed E-state index contributed by atoms with van der Waals surface area (Å²) in [7, 11) is -3.84. The van der Waals surface area contributed by atoms with E-state index >= 15 is 0 Å². The first-order chi connectivity index (χ1) is 19.1. The van der Waals surface area contributed by atoms with Gasteiger partial charge in [-0.05, 0) is 36.6 Å². The van der Waals surface area contributed by atoms with Crippen LogP contribution in [0.2, 0.25) is 0 Å². The zero-order valence-electron chi connectivity index (χ0n) is 22.7. The van der Waals surface area contributed by atoms with Gasteiger partial charge >= 0.3 is 0 Å². The minimum atomic E-state index is -3.84. The van der Waals surface area contributed by atoms with E-state index in [2.05, 4.69) is 5.32 Å². The molecule has 40 heavy (non-hydrogen) atoms. The lowest BCUT2D eigenvalue weighted by Crippen LogP contribution is -2.50. The Bertz CT molecular complexity index is 1390. The van der Waals surface area contributed by atoms with E-state index in [0.717, 1.165) is 22.2 Å². The SMILES string of the molecule is CCCNC(=O)[C@H](Cc1ccccc1)N(Cc1ccccc1F)C(=O)CCCN(c1ccccc1F)S(C)(=O)=O. The van der Waals surface area contributed by atoms with Crippen LogP contribution >= 0.6 is 0 Å². The van der Waals surface area contributed by atoms with Gasteiger partial charge in [-0.2, -0.15) is 0 Å². The summed E-state index contributed by atoms with van der Waals surface area (Å²) < 4.78 is 54.9. The average Bonchev–Trinajstić information content (AvgIpc) is 2.93. The lowest BCUT2D eigenvalue weighted by Gasteiger charge is -2.32. The van der Waals surface area contributed by atoms with Crippen molar-refractivity contribution < 1.29 is 26.8 Å². The van der Waals surface area contributed by atoms with Gasteiger partial charge < -0.3 is 10.2 Å². The van der Waals surface area contributed by atoms with Crippen LogP contribution < -0.4 is 9.62 Å². The number of carbonyl (C=O) groups excluding carboxylic acids is 2. The Labute approximate surface area is 234 Å². The Balaban J connectivity index is 1.89. The van der Waals surface area contributed by atoms with Gasteiger partial charge in [-0.15, -0.1) is 0 Å². The first-order valence-electron chi connectivity index (χ1n) is 13.2. The van der Waals surface area contributed by atoms with Crippen LogP contribution in [0.1, 0.15) is 37.3 Å². The number of sulfonamides is 1. The van der Waals surface area contributed by atoms with Crippen molar-refractivity contribution in [3.05, 3.63) is 102 Å². The minimum absolute atomic E-state index is 0.0582. The van der Waals surface area contributed by atoms with Crippen LogP contribution in [-0.4, -0.2) is 50.5 Å². The van der Waals surface area contributed by atoms with Crippen molar-refractivity contribution in [2.75, 3.05) is 23.7 Å². The molecule has 0 heterocycles. The van der Waals surface area contributed by atoms with Gasteiger partial charge in [0.25, 0.3) is 0 Å². The highest BCUT2D eigenvalue weighted by molar-refractivity contribution is 7.92. The number of benzene rings is 3. The molecule has 0 aliphatic carbocycles. The van der Waals surface area contributed by atoms with Gasteiger partial charge in [0.1, 0.15) is 17.7 Å². The van der Waals surface area contributed by atoms with E-state index in [1.807, 2.05) is 37.3 Å². The lowest BCUT2D eigenvalue weighted by molar-refractivity contribution is -0.141. The predicted molar refractivity (Wildman–Crippen MR) is 152 cm³/mol. The number of halogens is 2. The van der Waals surface area contributed by atoms with E-state index in [9.17, 15) is 26.8 Å². The number of amides is 2. The Morgan fingerprint density at radius 2 is 1.52 bits per heavy atom. The van der Waals surface area contributed by atoms with E-state index in [4.69, 9.17) is 0 Å². The Morgan fingerprint density at radius 1 is 0.900 bits per heavy atom. The summed E-state index contributed by atoms with van der Waals surface area (Å²) in [6.07, 6.45) is 1.80. The number of nitrogens with one attached hydrogen (secondary N) is 1. The number of anilines is 1. The second-order valence-corrected chi connectivity index (χ2v) is 11.4. The van der Waals surface area contributed by atoms with Gasteiger partial charge in [-0.25, -0.2) is 17.2 Å². The number of nitrogens with zero attached hydrogens (tertiary/aromatic N) is 2. The van der Waals surface area contributed by atoms with Gasteiger partial charge in [-0.3, -0.25) is 13.9 Å². The van der Waals surface area contributed by atoms with Crippen molar-refractivity contribution in [3.8, 4) is 0 Å². The molecule has 1 atom stereocenters. The molecule has 3 rings (SSSR count). The maximum absolute atomic E-state index is 14.7. The Kier molecular flexibility index (Phi) is 11.2. The zero-order chi connectivity index (χ0) is 29.1. The summed E-state index contributed by atoms with van der Waals surface area (Å²) in [6, 6.07) is 19.8. The van der Waals surface area contributed by atoms with Crippen molar-refractivity contribution in [1.82, 2.24) is 10.2 Å². The second kappa shape index (κ2) is 14.6. The number of hydrogen-bond donors (Lipinski definition) is 1. The molecule has 0 aliphatic rings. The molecule has 0 aliphatic heterocycles. The van der Waals surface area contributed by atoms with Crippen LogP contribution in [0.3, 0.4) is 0 Å². The maximum Gasteiger partial charge on any atom is 0.243 e. The minimum Gasteiger partial charge on any atom is -0.354 e. The largest absolute Gasteiger partial charge is 0.354 e. The number of para-hydroxylation sites is 1. The highest BCUT2D eigenvalue weighted by Crippen LogP contribution is 2.23. The lowest BCUT2D eigenvalue weighted by atomic mass is 10.0. The van der Waals surface area contributed by atoms with Gasteiger partial charge in [0.2, 0.25) is 21.8 Å². The smallest absolute Gasteiger partial charge is 0.243 e. The average molecular weight is 572 g/mol. The fraction of sp³-hybridized carbons (Fsp3) is 0.333. The molecule has 0 fully saturated rings. The highest BCUT2D eigenvalue weighted by atomic mass is 32.2. The molecule has 10 heteroatoms. The van der Waals surface area contributed by atoms with Gasteiger partial charge in [0.05, 0.1) is 11.9 Å². The van der Waals surface area contributed by atoms with Crippen LogP contribution in [0.25, 0.3) is 0 Å². The van der Waals surface area contributed by atoms with E-state index in [-0.39, 0.29) is 49.5 Å². The quantitative estimate of drug-likeness (QED) is 0.305. The topological polar surface area (TPSA) is 86.8 Å². The van der Waals surface area contributed by atoms with Crippen LogP contribution in [0, 0.1) is 11.6 Å². The van der Waals surface area contributed by atoms with Crippen molar-refractivity contribution in [3.63, 3.8) is 0 Å². The summed E-state index contributed by atoms with van der Waals surface area (Å²) in [5.74, 6) is -2.01. The molecule has 0 aromatic heterocycles. The molecule has 3 aromatic carbocycles. The van der Waals surface area contributed by atoms with Crippen molar-refractivity contribution >= 4 is 27.5 Å². The molecule has 0 saturated heterocycles.